The second-order valence-electron chi connectivity index (χ2n) is 5.75. The van der Waals surface area contributed by atoms with Crippen LogP contribution >= 0.6 is 0 Å². The van der Waals surface area contributed by atoms with Crippen LogP contribution in [-0.2, 0) is 9.59 Å². The first kappa shape index (κ1) is 20.6. The molecule has 2 aromatic rings. The van der Waals surface area contributed by atoms with Gasteiger partial charge in [0.15, 0.2) is 6.61 Å². The van der Waals surface area contributed by atoms with Crippen molar-refractivity contribution in [1.29, 1.82) is 5.26 Å². The maximum Gasteiger partial charge on any atom is 0.305 e. The molecule has 146 valence electrons. The number of ether oxygens (including phenoxy) is 3. The number of carbonyl (C=O) groups is 2. The normalized spacial score (nSPS) is 11.0. The highest BCUT2D eigenvalue weighted by Gasteiger charge is 2.22. The van der Waals surface area contributed by atoms with Crippen LogP contribution in [0.5, 0.6) is 17.2 Å². The van der Waals surface area contributed by atoms with E-state index >= 15 is 0 Å². The summed E-state index contributed by atoms with van der Waals surface area (Å²) >= 11 is 0. The number of rotatable bonds is 9. The van der Waals surface area contributed by atoms with Gasteiger partial charge in [-0.1, -0.05) is 0 Å². The standard InChI is InChI=1S/C20H20N2O6/c1-26-15-7-8-16(18(9-15)27-2)17(10-20(24)25)22-19(23)12-28-14-5-3-13(11-21)4-6-14/h3-9,17H,10,12H2,1-2H3,(H,22,23)(H,24,25). The molecule has 0 aliphatic heterocycles. The summed E-state index contributed by atoms with van der Waals surface area (Å²) in [6.07, 6.45) is -0.328. The fourth-order valence-corrected chi connectivity index (χ4v) is 2.53. The monoisotopic (exact) mass is 384 g/mol. The molecule has 1 atom stereocenters. The number of carboxylic acid groups (broad SMARTS) is 1. The third-order valence-electron chi connectivity index (χ3n) is 3.88. The highest BCUT2D eigenvalue weighted by atomic mass is 16.5. The van der Waals surface area contributed by atoms with Crippen LogP contribution in [-0.4, -0.2) is 37.8 Å². The minimum atomic E-state index is -1.07. The molecule has 0 aliphatic carbocycles. The lowest BCUT2D eigenvalue weighted by Crippen LogP contribution is -2.34. The van der Waals surface area contributed by atoms with Crippen molar-refractivity contribution in [2.75, 3.05) is 20.8 Å². The molecule has 0 radical (unpaired) electrons. The number of carboxylic acids is 1. The Hall–Kier alpha value is -3.73. The molecular formula is C20H20N2O6. The van der Waals surface area contributed by atoms with Crippen molar-refractivity contribution in [2.45, 2.75) is 12.5 Å². The van der Waals surface area contributed by atoms with Crippen molar-refractivity contribution in [3.05, 3.63) is 53.6 Å². The van der Waals surface area contributed by atoms with Crippen LogP contribution in [0.2, 0.25) is 0 Å². The van der Waals surface area contributed by atoms with Gasteiger partial charge in [0.2, 0.25) is 0 Å². The summed E-state index contributed by atoms with van der Waals surface area (Å²) in [6.45, 7) is -0.305. The quantitative estimate of drug-likeness (QED) is 0.681. The molecule has 8 nitrogen and oxygen atoms in total. The van der Waals surface area contributed by atoms with Gasteiger partial charge in [-0.3, -0.25) is 9.59 Å². The van der Waals surface area contributed by atoms with E-state index in [0.29, 0.717) is 28.4 Å². The van der Waals surface area contributed by atoms with Gasteiger partial charge in [-0.05, 0) is 36.4 Å². The fourth-order valence-electron chi connectivity index (χ4n) is 2.53. The number of benzene rings is 2. The predicted octanol–water partition coefficient (Wildman–Crippen LogP) is 2.29. The maximum atomic E-state index is 12.3. The molecule has 2 N–H and O–H groups in total. The summed E-state index contributed by atoms with van der Waals surface area (Å²) in [5, 5.41) is 20.6. The van der Waals surface area contributed by atoms with Crippen LogP contribution in [0, 0.1) is 11.3 Å². The van der Waals surface area contributed by atoms with E-state index in [9.17, 15) is 14.7 Å². The van der Waals surface area contributed by atoms with Gasteiger partial charge < -0.3 is 24.6 Å². The van der Waals surface area contributed by atoms with Gasteiger partial charge in [0.1, 0.15) is 17.2 Å². The minimum absolute atomic E-state index is 0.305. The Morgan fingerprint density at radius 1 is 1.11 bits per heavy atom. The van der Waals surface area contributed by atoms with E-state index < -0.39 is 17.9 Å². The molecule has 0 heterocycles. The minimum Gasteiger partial charge on any atom is -0.497 e. The number of methoxy groups -OCH3 is 2. The van der Waals surface area contributed by atoms with E-state index in [1.807, 2.05) is 6.07 Å². The predicted molar refractivity (Wildman–Crippen MR) is 99.3 cm³/mol. The lowest BCUT2D eigenvalue weighted by atomic mass is 10.0. The smallest absolute Gasteiger partial charge is 0.305 e. The Labute approximate surface area is 162 Å². The first-order chi connectivity index (χ1) is 13.5. The SMILES string of the molecule is COc1ccc(C(CC(=O)O)NC(=O)COc2ccc(C#N)cc2)c(OC)c1. The summed E-state index contributed by atoms with van der Waals surface area (Å²) < 4.78 is 15.8. The van der Waals surface area contributed by atoms with Crippen molar-refractivity contribution in [3.8, 4) is 23.3 Å². The van der Waals surface area contributed by atoms with Crippen molar-refractivity contribution < 1.29 is 28.9 Å². The van der Waals surface area contributed by atoms with Crippen molar-refractivity contribution in [3.63, 3.8) is 0 Å². The molecule has 0 aliphatic rings. The van der Waals surface area contributed by atoms with Gasteiger partial charge in [-0.25, -0.2) is 0 Å². The molecule has 28 heavy (non-hydrogen) atoms. The third kappa shape index (κ3) is 5.64. The molecule has 0 bridgehead atoms. The number of hydrogen-bond donors (Lipinski definition) is 2. The third-order valence-corrected chi connectivity index (χ3v) is 3.88. The number of nitriles is 1. The van der Waals surface area contributed by atoms with E-state index in [1.54, 1.807) is 42.5 Å². The van der Waals surface area contributed by atoms with Gasteiger partial charge in [-0.15, -0.1) is 0 Å². The van der Waals surface area contributed by atoms with Gasteiger partial charge >= 0.3 is 5.97 Å². The van der Waals surface area contributed by atoms with E-state index in [-0.39, 0.29) is 13.0 Å². The molecular weight excluding hydrogens is 364 g/mol. The lowest BCUT2D eigenvalue weighted by Gasteiger charge is -2.20. The Bertz CT molecular complexity index is 873. The van der Waals surface area contributed by atoms with Crippen molar-refractivity contribution in [1.82, 2.24) is 5.32 Å². The number of amides is 1. The average molecular weight is 384 g/mol. The van der Waals surface area contributed by atoms with Gasteiger partial charge in [0.25, 0.3) is 5.91 Å². The molecule has 0 fully saturated rings. The Balaban J connectivity index is 2.09. The maximum absolute atomic E-state index is 12.3. The molecule has 2 rings (SSSR count). The number of carbonyl (C=O) groups excluding carboxylic acids is 1. The lowest BCUT2D eigenvalue weighted by molar-refractivity contribution is -0.137. The molecule has 0 saturated heterocycles. The number of hydrogen-bond acceptors (Lipinski definition) is 6. The molecule has 1 amide bonds. The zero-order valence-corrected chi connectivity index (χ0v) is 15.5. The Morgan fingerprint density at radius 2 is 1.79 bits per heavy atom. The zero-order chi connectivity index (χ0) is 20.5. The van der Waals surface area contributed by atoms with E-state index in [0.717, 1.165) is 0 Å². The highest BCUT2D eigenvalue weighted by Crippen LogP contribution is 2.31. The Morgan fingerprint density at radius 3 is 2.36 bits per heavy atom. The molecule has 2 aromatic carbocycles. The van der Waals surface area contributed by atoms with Crippen LogP contribution in [0.1, 0.15) is 23.6 Å². The second-order valence-corrected chi connectivity index (χ2v) is 5.75. The molecule has 8 heteroatoms. The molecule has 0 saturated carbocycles. The fraction of sp³-hybridized carbons (Fsp3) is 0.250. The summed E-state index contributed by atoms with van der Waals surface area (Å²) in [4.78, 5) is 23.5. The molecule has 1 unspecified atom stereocenters. The topological polar surface area (TPSA) is 118 Å². The molecule has 0 spiro atoms. The molecule has 0 aromatic heterocycles. The van der Waals surface area contributed by atoms with Crippen LogP contribution in [0.15, 0.2) is 42.5 Å². The van der Waals surface area contributed by atoms with Gasteiger partial charge in [-0.2, -0.15) is 5.26 Å². The van der Waals surface area contributed by atoms with Gasteiger partial charge in [0, 0.05) is 11.6 Å². The van der Waals surface area contributed by atoms with Gasteiger partial charge in [0.05, 0.1) is 38.3 Å². The van der Waals surface area contributed by atoms with E-state index in [2.05, 4.69) is 5.32 Å². The van der Waals surface area contributed by atoms with Crippen LogP contribution in [0.3, 0.4) is 0 Å². The largest absolute Gasteiger partial charge is 0.497 e. The second kappa shape index (κ2) is 9.83. The summed E-state index contributed by atoms with van der Waals surface area (Å²) in [7, 11) is 2.96. The summed E-state index contributed by atoms with van der Waals surface area (Å²) in [5.74, 6) is -0.195. The zero-order valence-electron chi connectivity index (χ0n) is 15.5. The number of nitrogens with one attached hydrogen (secondary N) is 1. The van der Waals surface area contributed by atoms with Crippen LogP contribution < -0.4 is 19.5 Å². The Kier molecular flexibility index (Phi) is 7.22. The summed E-state index contributed by atoms with van der Waals surface area (Å²) in [6, 6.07) is 12.4. The van der Waals surface area contributed by atoms with Crippen molar-refractivity contribution in [2.24, 2.45) is 0 Å². The first-order valence-corrected chi connectivity index (χ1v) is 8.33. The van der Waals surface area contributed by atoms with Crippen molar-refractivity contribution >= 4 is 11.9 Å². The number of nitrogens with zero attached hydrogens (tertiary/aromatic N) is 1. The van der Waals surface area contributed by atoms with Crippen LogP contribution in [0.4, 0.5) is 0 Å². The summed E-state index contributed by atoms with van der Waals surface area (Å²) in [5.41, 5.74) is 0.988. The highest BCUT2D eigenvalue weighted by molar-refractivity contribution is 5.79. The van der Waals surface area contributed by atoms with E-state index in [4.69, 9.17) is 19.5 Å². The average Bonchev–Trinajstić information content (AvgIpc) is 2.71. The van der Waals surface area contributed by atoms with Crippen LogP contribution in [0.25, 0.3) is 0 Å². The first-order valence-electron chi connectivity index (χ1n) is 8.33. The van der Waals surface area contributed by atoms with E-state index in [1.165, 1.54) is 14.2 Å². The number of aliphatic carboxylic acids is 1.